The molecule has 1 aromatic heterocycles. The lowest BCUT2D eigenvalue weighted by Gasteiger charge is -2.29. The number of aromatic nitrogens is 1. The molecule has 2 fully saturated rings. The van der Waals surface area contributed by atoms with Gasteiger partial charge in [-0.15, -0.1) is 0 Å². The van der Waals surface area contributed by atoms with E-state index in [1.165, 1.54) is 9.99 Å². The molecule has 104 valence electrons. The fourth-order valence-electron chi connectivity index (χ4n) is 2.73. The molecule has 0 unspecified atom stereocenters. The molecule has 2 aliphatic rings. The Hall–Kier alpha value is -0.560. The fraction of sp³-hybridized carbons (Fsp3) is 0.643. The summed E-state index contributed by atoms with van der Waals surface area (Å²) < 4.78 is 6.68. The van der Waals surface area contributed by atoms with E-state index in [1.807, 2.05) is 0 Å². The van der Waals surface area contributed by atoms with E-state index in [0.717, 1.165) is 56.9 Å². The Morgan fingerprint density at radius 2 is 1.84 bits per heavy atom. The van der Waals surface area contributed by atoms with Crippen LogP contribution >= 0.6 is 22.6 Å². The van der Waals surface area contributed by atoms with Gasteiger partial charge in [-0.1, -0.05) is 6.92 Å². The van der Waals surface area contributed by atoms with Gasteiger partial charge in [0.2, 0.25) is 0 Å². The maximum Gasteiger partial charge on any atom is 0.132 e. The summed E-state index contributed by atoms with van der Waals surface area (Å²) in [7, 11) is 0. The van der Waals surface area contributed by atoms with Crippen LogP contribution in [0.15, 0.2) is 12.1 Å². The number of morpholine rings is 1. The second-order valence-electron chi connectivity index (χ2n) is 5.44. The van der Waals surface area contributed by atoms with Crippen molar-refractivity contribution in [3.05, 3.63) is 15.7 Å². The summed E-state index contributed by atoms with van der Waals surface area (Å²) >= 11 is 2.39. The molecule has 0 N–H and O–H groups in total. The molecule has 3 heterocycles. The van der Waals surface area contributed by atoms with Crippen LogP contribution in [0, 0.1) is 9.49 Å². The molecule has 1 atom stereocenters. The van der Waals surface area contributed by atoms with Gasteiger partial charge in [-0.3, -0.25) is 0 Å². The van der Waals surface area contributed by atoms with E-state index in [1.54, 1.807) is 0 Å². The van der Waals surface area contributed by atoms with Crippen molar-refractivity contribution in [3.63, 3.8) is 0 Å². The standard InChI is InChI=1S/C14H20IN3O/c1-11-2-3-18(10-11)14-9-12(15)8-13(16-14)17-4-6-19-7-5-17/h8-9,11H,2-7,10H2,1H3/t11-/m0/s1. The van der Waals surface area contributed by atoms with Crippen LogP contribution in [0.1, 0.15) is 13.3 Å². The van der Waals surface area contributed by atoms with Gasteiger partial charge in [0.05, 0.1) is 13.2 Å². The predicted molar refractivity (Wildman–Crippen MR) is 86.0 cm³/mol. The molecular formula is C14H20IN3O. The van der Waals surface area contributed by atoms with Gasteiger partial charge in [-0.2, -0.15) is 0 Å². The molecule has 5 heteroatoms. The highest BCUT2D eigenvalue weighted by Crippen LogP contribution is 2.26. The summed E-state index contributed by atoms with van der Waals surface area (Å²) in [5, 5.41) is 0. The third-order valence-corrected chi connectivity index (χ3v) is 4.47. The summed E-state index contributed by atoms with van der Waals surface area (Å²) in [6, 6.07) is 4.37. The quantitative estimate of drug-likeness (QED) is 0.745. The number of hydrogen-bond donors (Lipinski definition) is 0. The van der Waals surface area contributed by atoms with E-state index >= 15 is 0 Å². The molecule has 0 radical (unpaired) electrons. The second kappa shape index (κ2) is 5.83. The van der Waals surface area contributed by atoms with Crippen molar-refractivity contribution >= 4 is 34.2 Å². The number of nitrogens with zero attached hydrogens (tertiary/aromatic N) is 3. The molecule has 0 aromatic carbocycles. The van der Waals surface area contributed by atoms with E-state index < -0.39 is 0 Å². The Morgan fingerprint density at radius 3 is 2.47 bits per heavy atom. The number of rotatable bonds is 2. The smallest absolute Gasteiger partial charge is 0.132 e. The van der Waals surface area contributed by atoms with Gasteiger partial charge in [0.1, 0.15) is 11.6 Å². The van der Waals surface area contributed by atoms with Gasteiger partial charge in [0, 0.05) is 29.7 Å². The summed E-state index contributed by atoms with van der Waals surface area (Å²) in [5.74, 6) is 3.02. The summed E-state index contributed by atoms with van der Waals surface area (Å²) in [4.78, 5) is 9.61. The number of anilines is 2. The number of ether oxygens (including phenoxy) is 1. The molecule has 0 saturated carbocycles. The first-order chi connectivity index (χ1) is 9.22. The van der Waals surface area contributed by atoms with Crippen molar-refractivity contribution in [2.45, 2.75) is 13.3 Å². The van der Waals surface area contributed by atoms with E-state index in [-0.39, 0.29) is 0 Å². The van der Waals surface area contributed by atoms with Gasteiger partial charge in [0.15, 0.2) is 0 Å². The molecule has 2 saturated heterocycles. The zero-order valence-corrected chi connectivity index (χ0v) is 13.5. The topological polar surface area (TPSA) is 28.6 Å². The molecule has 2 aliphatic heterocycles. The van der Waals surface area contributed by atoms with Crippen LogP contribution in [0.25, 0.3) is 0 Å². The van der Waals surface area contributed by atoms with Crippen LogP contribution in [0.3, 0.4) is 0 Å². The van der Waals surface area contributed by atoms with Crippen molar-refractivity contribution in [1.29, 1.82) is 0 Å². The van der Waals surface area contributed by atoms with Crippen molar-refractivity contribution in [2.75, 3.05) is 49.2 Å². The molecule has 0 amide bonds. The molecule has 4 nitrogen and oxygen atoms in total. The first-order valence-electron chi connectivity index (χ1n) is 6.97. The second-order valence-corrected chi connectivity index (χ2v) is 6.69. The Balaban J connectivity index is 1.83. The Bertz CT molecular complexity index is 425. The molecule has 1 aromatic rings. The number of halogens is 1. The van der Waals surface area contributed by atoms with Crippen molar-refractivity contribution in [2.24, 2.45) is 5.92 Å². The number of hydrogen-bond acceptors (Lipinski definition) is 4. The monoisotopic (exact) mass is 373 g/mol. The molecule has 0 spiro atoms. The lowest BCUT2D eigenvalue weighted by atomic mass is 10.2. The third-order valence-electron chi connectivity index (χ3n) is 3.85. The average molecular weight is 373 g/mol. The highest BCUT2D eigenvalue weighted by Gasteiger charge is 2.21. The van der Waals surface area contributed by atoms with Crippen molar-refractivity contribution in [3.8, 4) is 0 Å². The Labute approximate surface area is 128 Å². The molecule has 0 aliphatic carbocycles. The summed E-state index contributed by atoms with van der Waals surface area (Å²) in [6.07, 6.45) is 1.28. The molecular weight excluding hydrogens is 353 g/mol. The van der Waals surface area contributed by atoms with E-state index in [9.17, 15) is 0 Å². The van der Waals surface area contributed by atoms with E-state index in [4.69, 9.17) is 9.72 Å². The van der Waals surface area contributed by atoms with Crippen LogP contribution in [0.4, 0.5) is 11.6 Å². The van der Waals surface area contributed by atoms with Gasteiger partial charge in [0.25, 0.3) is 0 Å². The molecule has 19 heavy (non-hydrogen) atoms. The van der Waals surface area contributed by atoms with Crippen LogP contribution in [-0.2, 0) is 4.74 Å². The summed E-state index contributed by atoms with van der Waals surface area (Å²) in [6.45, 7) is 8.10. The zero-order chi connectivity index (χ0) is 13.2. The fourth-order valence-corrected chi connectivity index (χ4v) is 3.29. The lowest BCUT2D eigenvalue weighted by molar-refractivity contribution is 0.122. The Morgan fingerprint density at radius 1 is 1.16 bits per heavy atom. The molecule has 3 rings (SSSR count). The van der Waals surface area contributed by atoms with Crippen LogP contribution in [0.2, 0.25) is 0 Å². The van der Waals surface area contributed by atoms with Gasteiger partial charge >= 0.3 is 0 Å². The van der Waals surface area contributed by atoms with Crippen molar-refractivity contribution < 1.29 is 4.74 Å². The first kappa shape index (κ1) is 13.4. The highest BCUT2D eigenvalue weighted by atomic mass is 127. The maximum absolute atomic E-state index is 5.41. The van der Waals surface area contributed by atoms with Gasteiger partial charge in [-0.05, 0) is 47.1 Å². The average Bonchev–Trinajstić information content (AvgIpc) is 2.86. The van der Waals surface area contributed by atoms with Crippen molar-refractivity contribution in [1.82, 2.24) is 4.98 Å². The first-order valence-corrected chi connectivity index (χ1v) is 8.05. The zero-order valence-electron chi connectivity index (χ0n) is 11.3. The highest BCUT2D eigenvalue weighted by molar-refractivity contribution is 14.1. The van der Waals surface area contributed by atoms with Crippen LogP contribution < -0.4 is 9.80 Å². The van der Waals surface area contributed by atoms with Gasteiger partial charge < -0.3 is 14.5 Å². The minimum absolute atomic E-state index is 0.784. The van der Waals surface area contributed by atoms with E-state index in [0.29, 0.717) is 0 Å². The minimum atomic E-state index is 0.784. The predicted octanol–water partition coefficient (Wildman–Crippen LogP) is 2.37. The largest absolute Gasteiger partial charge is 0.378 e. The van der Waals surface area contributed by atoms with Crippen LogP contribution in [-0.4, -0.2) is 44.4 Å². The van der Waals surface area contributed by atoms with E-state index in [2.05, 4.69) is 51.4 Å². The normalized spacial score (nSPS) is 24.0. The maximum atomic E-state index is 5.41. The van der Waals surface area contributed by atoms with Gasteiger partial charge in [-0.25, -0.2) is 4.98 Å². The molecule has 0 bridgehead atoms. The third kappa shape index (κ3) is 3.13. The number of pyridine rings is 1. The SMILES string of the molecule is C[C@H]1CCN(c2cc(I)cc(N3CCOCC3)n2)C1. The van der Waals surface area contributed by atoms with Crippen LogP contribution in [0.5, 0.6) is 0 Å². The lowest BCUT2D eigenvalue weighted by Crippen LogP contribution is -2.37. The summed E-state index contributed by atoms with van der Waals surface area (Å²) in [5.41, 5.74) is 0. The minimum Gasteiger partial charge on any atom is -0.378 e. The Kier molecular flexibility index (Phi) is 4.12.